The smallest absolute Gasteiger partial charge is 0.0100 e. The normalized spacial score (nSPS) is 12.7. The molecule has 0 aromatic heterocycles. The van der Waals surface area contributed by atoms with Gasteiger partial charge in [0.15, 0.2) is 0 Å². The van der Waals surface area contributed by atoms with E-state index in [1.807, 2.05) is 11.8 Å². The maximum absolute atomic E-state index is 3.60. The molecule has 1 rings (SSSR count). The monoisotopic (exact) mass is 272 g/mol. The second kappa shape index (κ2) is 7.36. The third-order valence-corrected chi connectivity index (χ3v) is 3.99. The molecule has 78 valence electrons. The summed E-state index contributed by atoms with van der Waals surface area (Å²) in [6.45, 7) is 2.22. The van der Waals surface area contributed by atoms with Gasteiger partial charge in [0.1, 0.15) is 0 Å². The second-order valence-electron chi connectivity index (χ2n) is 3.25. The van der Waals surface area contributed by atoms with Gasteiger partial charge in [0.2, 0.25) is 0 Å². The largest absolute Gasteiger partial charge is 0.162 e. The van der Waals surface area contributed by atoms with Crippen molar-refractivity contribution in [1.82, 2.24) is 0 Å². The molecule has 2 heteroatoms. The molecule has 1 aromatic rings. The standard InChI is InChI=1S/C12H17BrS/c1-2-14-9-8-12(10-13)11-6-4-3-5-7-11/h3-7,12H,2,8-10H2,1H3. The van der Waals surface area contributed by atoms with Gasteiger partial charge >= 0.3 is 0 Å². The van der Waals surface area contributed by atoms with Crippen LogP contribution in [0.3, 0.4) is 0 Å². The van der Waals surface area contributed by atoms with Crippen LogP contribution in [0.5, 0.6) is 0 Å². The minimum absolute atomic E-state index is 0.676. The summed E-state index contributed by atoms with van der Waals surface area (Å²) in [6, 6.07) is 10.8. The average Bonchev–Trinajstić information content (AvgIpc) is 2.26. The summed E-state index contributed by atoms with van der Waals surface area (Å²) < 4.78 is 0. The fourth-order valence-corrected chi connectivity index (χ4v) is 2.87. The second-order valence-corrected chi connectivity index (χ2v) is 5.29. The van der Waals surface area contributed by atoms with Crippen LogP contribution in [0, 0.1) is 0 Å². The third-order valence-electron chi connectivity index (χ3n) is 2.27. The van der Waals surface area contributed by atoms with Crippen molar-refractivity contribution in [2.45, 2.75) is 19.3 Å². The van der Waals surface area contributed by atoms with Crippen molar-refractivity contribution in [1.29, 1.82) is 0 Å². The van der Waals surface area contributed by atoms with E-state index in [-0.39, 0.29) is 0 Å². The van der Waals surface area contributed by atoms with Gasteiger partial charge in [-0.1, -0.05) is 53.2 Å². The Labute approximate surface area is 99.6 Å². The zero-order chi connectivity index (χ0) is 10.2. The number of alkyl halides is 1. The Morgan fingerprint density at radius 1 is 1.29 bits per heavy atom. The molecule has 1 atom stereocenters. The molecule has 0 spiro atoms. The van der Waals surface area contributed by atoms with Crippen molar-refractivity contribution < 1.29 is 0 Å². The van der Waals surface area contributed by atoms with Crippen LogP contribution in [0.2, 0.25) is 0 Å². The number of hydrogen-bond acceptors (Lipinski definition) is 1. The molecule has 0 nitrogen and oxygen atoms in total. The van der Waals surface area contributed by atoms with Crippen molar-refractivity contribution in [3.63, 3.8) is 0 Å². The van der Waals surface area contributed by atoms with Gasteiger partial charge in [0.05, 0.1) is 0 Å². The number of halogens is 1. The van der Waals surface area contributed by atoms with Gasteiger partial charge in [-0.2, -0.15) is 11.8 Å². The molecule has 0 radical (unpaired) electrons. The van der Waals surface area contributed by atoms with E-state index in [1.54, 1.807) is 0 Å². The number of rotatable bonds is 6. The maximum Gasteiger partial charge on any atom is 0.0100 e. The number of hydrogen-bond donors (Lipinski definition) is 0. The van der Waals surface area contributed by atoms with E-state index < -0.39 is 0 Å². The first-order valence-electron chi connectivity index (χ1n) is 5.07. The molecular formula is C12H17BrS. The molecular weight excluding hydrogens is 256 g/mol. The van der Waals surface area contributed by atoms with Gasteiger partial charge in [0.25, 0.3) is 0 Å². The van der Waals surface area contributed by atoms with Crippen LogP contribution in [0.1, 0.15) is 24.8 Å². The van der Waals surface area contributed by atoms with Crippen molar-refractivity contribution in [3.8, 4) is 0 Å². The fraction of sp³-hybridized carbons (Fsp3) is 0.500. The molecule has 0 aliphatic rings. The van der Waals surface area contributed by atoms with Crippen LogP contribution in [-0.2, 0) is 0 Å². The van der Waals surface area contributed by atoms with E-state index in [1.165, 1.54) is 23.5 Å². The van der Waals surface area contributed by atoms with Crippen molar-refractivity contribution in [3.05, 3.63) is 35.9 Å². The minimum Gasteiger partial charge on any atom is -0.162 e. The molecule has 0 fully saturated rings. The van der Waals surface area contributed by atoms with E-state index >= 15 is 0 Å². The summed E-state index contributed by atoms with van der Waals surface area (Å²) in [4.78, 5) is 0. The minimum atomic E-state index is 0.676. The molecule has 0 aliphatic heterocycles. The number of benzene rings is 1. The quantitative estimate of drug-likeness (QED) is 0.550. The molecule has 1 unspecified atom stereocenters. The molecule has 1 aromatic carbocycles. The van der Waals surface area contributed by atoms with E-state index in [0.717, 1.165) is 5.33 Å². The molecule has 0 heterocycles. The first-order chi connectivity index (χ1) is 6.88. The molecule has 0 N–H and O–H groups in total. The lowest BCUT2D eigenvalue weighted by molar-refractivity contribution is 0.757. The third kappa shape index (κ3) is 4.05. The Bertz CT molecular complexity index is 235. The van der Waals surface area contributed by atoms with Crippen LogP contribution in [0.4, 0.5) is 0 Å². The zero-order valence-corrected chi connectivity index (χ0v) is 11.0. The fourth-order valence-electron chi connectivity index (χ4n) is 1.43. The van der Waals surface area contributed by atoms with Crippen LogP contribution >= 0.6 is 27.7 Å². The van der Waals surface area contributed by atoms with Gasteiger partial charge in [0, 0.05) is 5.33 Å². The summed E-state index contributed by atoms with van der Waals surface area (Å²) in [5, 5.41) is 1.07. The summed E-state index contributed by atoms with van der Waals surface area (Å²) in [5.74, 6) is 3.17. The van der Waals surface area contributed by atoms with E-state index in [2.05, 4.69) is 53.2 Å². The van der Waals surface area contributed by atoms with Crippen LogP contribution < -0.4 is 0 Å². The topological polar surface area (TPSA) is 0 Å². The SMILES string of the molecule is CCSCCC(CBr)c1ccccc1. The lowest BCUT2D eigenvalue weighted by atomic mass is 9.99. The highest BCUT2D eigenvalue weighted by atomic mass is 79.9. The van der Waals surface area contributed by atoms with E-state index in [9.17, 15) is 0 Å². The number of thioether (sulfide) groups is 1. The highest BCUT2D eigenvalue weighted by Crippen LogP contribution is 2.23. The van der Waals surface area contributed by atoms with Gasteiger partial charge in [-0.25, -0.2) is 0 Å². The first kappa shape index (κ1) is 12.1. The van der Waals surface area contributed by atoms with Crippen molar-refractivity contribution >= 4 is 27.7 Å². The summed E-state index contributed by atoms with van der Waals surface area (Å²) in [7, 11) is 0. The Balaban J connectivity index is 2.46. The Morgan fingerprint density at radius 3 is 2.57 bits per heavy atom. The molecule has 14 heavy (non-hydrogen) atoms. The Hall–Kier alpha value is 0.0500. The molecule has 0 bridgehead atoms. The van der Waals surface area contributed by atoms with Gasteiger partial charge in [-0.05, 0) is 29.4 Å². The molecule has 0 aliphatic carbocycles. The predicted molar refractivity (Wildman–Crippen MR) is 70.6 cm³/mol. The Morgan fingerprint density at radius 2 is 2.00 bits per heavy atom. The molecule has 0 saturated carbocycles. The van der Waals surface area contributed by atoms with Gasteiger partial charge in [-0.15, -0.1) is 0 Å². The highest BCUT2D eigenvalue weighted by molar-refractivity contribution is 9.09. The van der Waals surface area contributed by atoms with Crippen LogP contribution in [-0.4, -0.2) is 16.8 Å². The maximum atomic E-state index is 3.60. The highest BCUT2D eigenvalue weighted by Gasteiger charge is 2.08. The van der Waals surface area contributed by atoms with Crippen LogP contribution in [0.15, 0.2) is 30.3 Å². The van der Waals surface area contributed by atoms with Crippen molar-refractivity contribution in [2.24, 2.45) is 0 Å². The van der Waals surface area contributed by atoms with Gasteiger partial charge < -0.3 is 0 Å². The van der Waals surface area contributed by atoms with Gasteiger partial charge in [-0.3, -0.25) is 0 Å². The van der Waals surface area contributed by atoms with Crippen molar-refractivity contribution in [2.75, 3.05) is 16.8 Å². The summed E-state index contributed by atoms with van der Waals surface area (Å²) in [6.07, 6.45) is 1.27. The lowest BCUT2D eigenvalue weighted by Gasteiger charge is -2.13. The van der Waals surface area contributed by atoms with E-state index in [4.69, 9.17) is 0 Å². The molecule has 0 saturated heterocycles. The molecule has 0 amide bonds. The van der Waals surface area contributed by atoms with Crippen LogP contribution in [0.25, 0.3) is 0 Å². The zero-order valence-electron chi connectivity index (χ0n) is 8.58. The lowest BCUT2D eigenvalue weighted by Crippen LogP contribution is -2.01. The Kier molecular flexibility index (Phi) is 6.37. The van der Waals surface area contributed by atoms with E-state index in [0.29, 0.717) is 5.92 Å². The summed E-state index contributed by atoms with van der Waals surface area (Å²) in [5.41, 5.74) is 1.46. The average molecular weight is 273 g/mol. The predicted octanol–water partition coefficient (Wildman–Crippen LogP) is 4.31. The summed E-state index contributed by atoms with van der Waals surface area (Å²) >= 11 is 5.62. The first-order valence-corrected chi connectivity index (χ1v) is 7.34.